The molecular weight excluding hydrogens is 748 g/mol. The van der Waals surface area contributed by atoms with Crippen LogP contribution in [0.25, 0.3) is 0 Å². The Morgan fingerprint density at radius 3 is 2.33 bits per heavy atom. The van der Waals surface area contributed by atoms with Gasteiger partial charge >= 0.3 is 0 Å². The molecule has 3 aromatic rings. The Hall–Kier alpha value is -5.33. The molecule has 1 atom stereocenters. The highest BCUT2D eigenvalue weighted by atomic mass is 35.5. The lowest BCUT2D eigenvalue weighted by atomic mass is 9.89. The standard InChI is InChI=1S/C41H49ClN10O5/c42-34-23-33(5-1-29(34)24-43)57-32-6-3-31(4-7-32)52(26-30-2-10-38(53)46-41(30)56)39(54)22-28-11-14-45-37(21-28)51-19-17-49(18-20-51)25-27-12-15-50(16-13-27)36-9-8-35(40(44)55)47-48-36/h1,5,8-9,11,14,21,23,27,30-32H,2-4,6-7,10,12-13,15-20,22,25-26H2,(H2,44,55)(H,46,53,56). The predicted octanol–water partition coefficient (Wildman–Crippen LogP) is 3.35. The van der Waals surface area contributed by atoms with Crippen molar-refractivity contribution in [3.8, 4) is 11.8 Å². The summed E-state index contributed by atoms with van der Waals surface area (Å²) >= 11 is 6.23. The Morgan fingerprint density at radius 1 is 0.912 bits per heavy atom. The van der Waals surface area contributed by atoms with Crippen LogP contribution >= 0.6 is 11.6 Å². The quantitative estimate of drug-likeness (QED) is 0.255. The zero-order valence-corrected chi connectivity index (χ0v) is 32.8. The van der Waals surface area contributed by atoms with Gasteiger partial charge in [0, 0.05) is 77.1 Å². The summed E-state index contributed by atoms with van der Waals surface area (Å²) in [7, 11) is 0. The summed E-state index contributed by atoms with van der Waals surface area (Å²) in [6, 6.07) is 14.4. The van der Waals surface area contributed by atoms with Crippen molar-refractivity contribution in [3.05, 3.63) is 70.5 Å². The van der Waals surface area contributed by atoms with Gasteiger partial charge in [-0.2, -0.15) is 5.26 Å². The Balaban J connectivity index is 0.917. The number of imide groups is 1. The summed E-state index contributed by atoms with van der Waals surface area (Å²) in [5.74, 6) is 1.14. The monoisotopic (exact) mass is 796 g/mol. The number of anilines is 2. The Kier molecular flexibility index (Phi) is 12.8. The van der Waals surface area contributed by atoms with Gasteiger partial charge < -0.3 is 25.2 Å². The first-order chi connectivity index (χ1) is 27.6. The second-order valence-electron chi connectivity index (χ2n) is 15.6. The molecule has 5 heterocycles. The first-order valence-corrected chi connectivity index (χ1v) is 20.3. The molecule has 1 aromatic carbocycles. The van der Waals surface area contributed by atoms with E-state index in [4.69, 9.17) is 22.1 Å². The zero-order chi connectivity index (χ0) is 39.9. The first kappa shape index (κ1) is 39.9. The summed E-state index contributed by atoms with van der Waals surface area (Å²) in [6.07, 6.45) is 7.53. The van der Waals surface area contributed by atoms with Gasteiger partial charge in [0.05, 0.1) is 29.0 Å². The maximum Gasteiger partial charge on any atom is 0.269 e. The average molecular weight is 797 g/mol. The number of pyridine rings is 1. The Labute approximate surface area is 337 Å². The van der Waals surface area contributed by atoms with E-state index in [0.29, 0.717) is 41.5 Å². The number of piperazine rings is 1. The smallest absolute Gasteiger partial charge is 0.269 e. The molecule has 0 bridgehead atoms. The fourth-order valence-electron chi connectivity index (χ4n) is 8.45. The van der Waals surface area contributed by atoms with Gasteiger partial charge in [-0.3, -0.25) is 29.4 Å². The van der Waals surface area contributed by atoms with Gasteiger partial charge in [-0.1, -0.05) is 11.6 Å². The number of nitrogens with two attached hydrogens (primary N) is 1. The van der Waals surface area contributed by atoms with E-state index in [9.17, 15) is 24.4 Å². The van der Waals surface area contributed by atoms with Crippen molar-refractivity contribution in [1.82, 2.24) is 30.3 Å². The van der Waals surface area contributed by atoms with E-state index >= 15 is 0 Å². The summed E-state index contributed by atoms with van der Waals surface area (Å²) < 4.78 is 6.21. The van der Waals surface area contributed by atoms with E-state index in [0.717, 1.165) is 88.7 Å². The van der Waals surface area contributed by atoms with Crippen LogP contribution in [0.3, 0.4) is 0 Å². The van der Waals surface area contributed by atoms with Crippen molar-refractivity contribution >= 4 is 46.9 Å². The van der Waals surface area contributed by atoms with Crippen molar-refractivity contribution < 1.29 is 23.9 Å². The third-order valence-corrected chi connectivity index (χ3v) is 12.1. The molecule has 57 heavy (non-hydrogen) atoms. The van der Waals surface area contributed by atoms with Crippen molar-refractivity contribution in [3.63, 3.8) is 0 Å². The highest BCUT2D eigenvalue weighted by molar-refractivity contribution is 6.31. The Bertz CT molecular complexity index is 1970. The third kappa shape index (κ3) is 10.2. The molecule has 3 aliphatic heterocycles. The maximum atomic E-state index is 14.2. The number of carbonyl (C=O) groups is 4. The van der Waals surface area contributed by atoms with E-state index < -0.39 is 11.8 Å². The molecule has 300 valence electrons. The van der Waals surface area contributed by atoms with Crippen molar-refractivity contribution in [2.24, 2.45) is 17.6 Å². The molecule has 4 amide bonds. The van der Waals surface area contributed by atoms with Crippen LogP contribution < -0.4 is 25.6 Å². The molecule has 3 N–H and O–H groups in total. The molecule has 4 aliphatic rings. The largest absolute Gasteiger partial charge is 0.490 e. The van der Waals surface area contributed by atoms with Crippen LogP contribution in [0.15, 0.2) is 48.7 Å². The number of ether oxygens (including phenoxy) is 1. The van der Waals surface area contributed by atoms with Crippen molar-refractivity contribution in [2.75, 3.05) is 62.2 Å². The highest BCUT2D eigenvalue weighted by Gasteiger charge is 2.35. The van der Waals surface area contributed by atoms with Crippen LogP contribution in [0.5, 0.6) is 5.75 Å². The Morgan fingerprint density at radius 2 is 1.67 bits per heavy atom. The molecule has 16 heteroatoms. The van der Waals surface area contributed by atoms with Crippen LogP contribution in [0.2, 0.25) is 5.02 Å². The molecule has 2 aromatic heterocycles. The number of aromatic nitrogens is 3. The number of amides is 4. The van der Waals surface area contributed by atoms with Crippen LogP contribution in [0, 0.1) is 23.2 Å². The summed E-state index contributed by atoms with van der Waals surface area (Å²) in [4.78, 5) is 63.8. The lowest BCUT2D eigenvalue weighted by molar-refractivity contribution is -0.140. The fraction of sp³-hybridized carbons (Fsp3) is 0.512. The lowest BCUT2D eigenvalue weighted by Gasteiger charge is -2.39. The molecule has 3 saturated heterocycles. The van der Waals surface area contributed by atoms with E-state index in [1.807, 2.05) is 23.1 Å². The number of rotatable bonds is 12. The van der Waals surface area contributed by atoms with E-state index in [1.165, 1.54) is 0 Å². The summed E-state index contributed by atoms with van der Waals surface area (Å²) in [5.41, 5.74) is 6.73. The van der Waals surface area contributed by atoms with Crippen LogP contribution in [0.4, 0.5) is 11.6 Å². The minimum Gasteiger partial charge on any atom is -0.490 e. The lowest BCUT2D eigenvalue weighted by Crippen LogP contribution is -2.51. The number of benzene rings is 1. The normalized spacial score (nSPS) is 22.1. The number of carbonyl (C=O) groups excluding carboxylic acids is 4. The van der Waals surface area contributed by atoms with E-state index in [2.05, 4.69) is 41.3 Å². The number of piperidine rings is 2. The highest BCUT2D eigenvalue weighted by Crippen LogP contribution is 2.31. The number of hydrogen-bond donors (Lipinski definition) is 2. The van der Waals surface area contributed by atoms with Gasteiger partial charge in [-0.25, -0.2) is 4.98 Å². The number of nitrogens with one attached hydrogen (secondary N) is 1. The molecule has 4 fully saturated rings. The molecule has 0 spiro atoms. The van der Waals surface area contributed by atoms with Gasteiger partial charge in [-0.15, -0.1) is 10.2 Å². The van der Waals surface area contributed by atoms with Crippen LogP contribution in [-0.2, 0) is 20.8 Å². The topological polar surface area (TPSA) is 191 Å². The van der Waals surface area contributed by atoms with Gasteiger partial charge in [0.2, 0.25) is 17.7 Å². The van der Waals surface area contributed by atoms with Crippen LogP contribution in [-0.4, -0.2) is 113 Å². The number of primary amides is 1. The van der Waals surface area contributed by atoms with Gasteiger partial charge in [0.1, 0.15) is 17.6 Å². The maximum absolute atomic E-state index is 14.2. The van der Waals surface area contributed by atoms with Crippen molar-refractivity contribution in [2.45, 2.75) is 69.9 Å². The number of nitriles is 1. The summed E-state index contributed by atoms with van der Waals surface area (Å²) in [6.45, 7) is 6.61. The number of hydrogen-bond acceptors (Lipinski definition) is 12. The minimum absolute atomic E-state index is 0.0503. The third-order valence-electron chi connectivity index (χ3n) is 11.8. The van der Waals surface area contributed by atoms with Crippen molar-refractivity contribution in [1.29, 1.82) is 5.26 Å². The number of nitrogens with zero attached hydrogens (tertiary/aromatic N) is 8. The zero-order valence-electron chi connectivity index (χ0n) is 32.0. The fourth-order valence-corrected chi connectivity index (χ4v) is 8.66. The van der Waals surface area contributed by atoms with E-state index in [-0.39, 0.29) is 54.9 Å². The molecule has 1 unspecified atom stereocenters. The van der Waals surface area contributed by atoms with E-state index in [1.54, 1.807) is 30.5 Å². The van der Waals surface area contributed by atoms with Gasteiger partial charge in [0.15, 0.2) is 11.5 Å². The van der Waals surface area contributed by atoms with Crippen LogP contribution in [0.1, 0.15) is 73.0 Å². The molecule has 0 radical (unpaired) electrons. The minimum atomic E-state index is -0.580. The molecular formula is C41H49ClN10O5. The number of halogens is 1. The second kappa shape index (κ2) is 18.3. The average Bonchev–Trinajstić information content (AvgIpc) is 3.22. The van der Waals surface area contributed by atoms with Gasteiger partial charge in [-0.05, 0) is 92.8 Å². The molecule has 1 aliphatic carbocycles. The molecule has 1 saturated carbocycles. The summed E-state index contributed by atoms with van der Waals surface area (Å²) in [5, 5.41) is 20.1. The first-order valence-electron chi connectivity index (χ1n) is 19.9. The second-order valence-corrected chi connectivity index (χ2v) is 16.0. The molecule has 15 nitrogen and oxygen atoms in total. The SMILES string of the molecule is N#Cc1ccc(OC2CCC(N(CC3CCC(=O)NC3=O)C(=O)Cc3ccnc(N4CCN(CC5CCN(c6ccc(C(N)=O)nn6)CC5)CC4)c3)CC2)cc1Cl. The van der Waals surface area contributed by atoms with Gasteiger partial charge in [0.25, 0.3) is 5.91 Å². The predicted molar refractivity (Wildman–Crippen MR) is 213 cm³/mol. The molecule has 7 rings (SSSR count).